The zero-order chi connectivity index (χ0) is 29.2. The van der Waals surface area contributed by atoms with Gasteiger partial charge in [-0.15, -0.1) is 5.53 Å². The highest BCUT2D eigenvalue weighted by Gasteiger charge is 2.32. The van der Waals surface area contributed by atoms with Gasteiger partial charge in [0.05, 0.1) is 45.8 Å². The molecule has 2 amide bonds. The number of nitrogens with two attached hydrogens (primary N) is 1. The maximum atomic E-state index is 12.7. The number of nitrogens with zero attached hydrogens (tertiary/aromatic N) is 4. The summed E-state index contributed by atoms with van der Waals surface area (Å²) >= 11 is 0. The van der Waals surface area contributed by atoms with Gasteiger partial charge in [-0.1, -0.05) is 12.1 Å². The van der Waals surface area contributed by atoms with E-state index in [9.17, 15) is 14.4 Å². The molecule has 6 N–H and O–H groups in total. The molecule has 2 aliphatic rings. The predicted molar refractivity (Wildman–Crippen MR) is 146 cm³/mol. The summed E-state index contributed by atoms with van der Waals surface area (Å²) in [6.45, 7) is 2.50. The van der Waals surface area contributed by atoms with Crippen molar-refractivity contribution in [2.75, 3.05) is 57.3 Å². The lowest BCUT2D eigenvalue weighted by Crippen LogP contribution is -2.38. The summed E-state index contributed by atoms with van der Waals surface area (Å²) in [4.78, 5) is 45.9. The molecule has 220 valence electrons. The number of carboxylic acid groups (broad SMARTS) is 1. The van der Waals surface area contributed by atoms with Crippen molar-refractivity contribution < 1.29 is 33.7 Å². The number of ether oxygens (including phenoxy) is 3. The van der Waals surface area contributed by atoms with Crippen molar-refractivity contribution in [3.05, 3.63) is 52.9 Å². The van der Waals surface area contributed by atoms with E-state index < -0.39 is 5.97 Å². The lowest BCUT2D eigenvalue weighted by Gasteiger charge is -2.17. The zero-order valence-corrected chi connectivity index (χ0v) is 22.7. The van der Waals surface area contributed by atoms with Crippen LogP contribution in [0.15, 0.2) is 36.2 Å². The highest BCUT2D eigenvalue weighted by molar-refractivity contribution is 6.01. The number of carbonyl (C=O) groups excluding carboxylic acids is 2. The summed E-state index contributed by atoms with van der Waals surface area (Å²) in [6, 6.07) is 7.04. The van der Waals surface area contributed by atoms with Crippen molar-refractivity contribution in [2.24, 2.45) is 0 Å². The molecule has 15 nitrogen and oxygen atoms in total. The van der Waals surface area contributed by atoms with Crippen molar-refractivity contribution >= 4 is 29.4 Å². The number of hydrogen-bond donors (Lipinski definition) is 5. The van der Waals surface area contributed by atoms with Gasteiger partial charge in [0, 0.05) is 43.1 Å². The van der Waals surface area contributed by atoms with E-state index in [-0.39, 0.29) is 49.6 Å². The van der Waals surface area contributed by atoms with E-state index in [4.69, 9.17) is 25.1 Å². The monoisotopic (exact) mass is 570 g/mol. The average molecular weight is 571 g/mol. The molecule has 2 aromatic rings. The van der Waals surface area contributed by atoms with Gasteiger partial charge in [-0.25, -0.2) is 0 Å². The zero-order valence-electron chi connectivity index (χ0n) is 22.7. The number of fused-ring (bicyclic) bond motifs is 1. The molecule has 0 bridgehead atoms. The topological polar surface area (TPSA) is 193 Å². The molecule has 0 saturated carbocycles. The third-order valence-electron chi connectivity index (χ3n) is 6.25. The van der Waals surface area contributed by atoms with E-state index in [1.54, 1.807) is 42.6 Å². The van der Waals surface area contributed by atoms with Crippen LogP contribution in [0, 0.1) is 0 Å². The Hall–Kier alpha value is -4.47. The first-order valence-corrected chi connectivity index (χ1v) is 13.1. The van der Waals surface area contributed by atoms with Gasteiger partial charge in [0.25, 0.3) is 5.91 Å². The SMILES string of the molecule is COCCOc1nc(N)c2c(n1)N(Cc1ccc(C(=O)NCCOCCN3C=C(CCC(=O)O)NN3)cc1)C(=O)C2. The molecule has 0 unspecified atom stereocenters. The number of aliphatic carboxylic acids is 1. The Kier molecular flexibility index (Phi) is 10.3. The summed E-state index contributed by atoms with van der Waals surface area (Å²) in [7, 11) is 1.56. The van der Waals surface area contributed by atoms with E-state index in [2.05, 4.69) is 26.2 Å². The molecule has 1 aromatic heterocycles. The van der Waals surface area contributed by atoms with Gasteiger partial charge >= 0.3 is 12.0 Å². The largest absolute Gasteiger partial charge is 0.481 e. The van der Waals surface area contributed by atoms with Gasteiger partial charge in [-0.2, -0.15) is 9.97 Å². The number of rotatable bonds is 16. The first-order valence-electron chi connectivity index (χ1n) is 13.1. The summed E-state index contributed by atoms with van der Waals surface area (Å²) in [5.74, 6) is -0.611. The fourth-order valence-electron chi connectivity index (χ4n) is 4.10. The molecule has 0 fully saturated rings. The molecular formula is C26H34N8O7. The molecule has 0 aliphatic carbocycles. The number of benzene rings is 1. The van der Waals surface area contributed by atoms with Crippen LogP contribution in [0.4, 0.5) is 11.6 Å². The number of hydrogen-bond acceptors (Lipinski definition) is 12. The Bertz CT molecular complexity index is 1270. The average Bonchev–Trinajstić information content (AvgIpc) is 3.54. The molecular weight excluding hydrogens is 536 g/mol. The van der Waals surface area contributed by atoms with Gasteiger partial charge in [0.1, 0.15) is 18.2 Å². The van der Waals surface area contributed by atoms with Crippen LogP contribution in [0.5, 0.6) is 6.01 Å². The maximum absolute atomic E-state index is 12.7. The smallest absolute Gasteiger partial charge is 0.320 e. The van der Waals surface area contributed by atoms with Crippen molar-refractivity contribution in [3.63, 3.8) is 0 Å². The number of amides is 2. The molecule has 1 aromatic carbocycles. The Morgan fingerprint density at radius 3 is 2.71 bits per heavy atom. The molecule has 3 heterocycles. The number of nitrogens with one attached hydrogen (secondary N) is 3. The third kappa shape index (κ3) is 8.26. The minimum absolute atomic E-state index is 0.0531. The van der Waals surface area contributed by atoms with E-state index in [0.717, 1.165) is 11.3 Å². The van der Waals surface area contributed by atoms with Gasteiger partial charge in [-0.05, 0) is 17.7 Å². The Labute approximate surface area is 236 Å². The van der Waals surface area contributed by atoms with Gasteiger partial charge in [0.2, 0.25) is 5.91 Å². The first kappa shape index (κ1) is 29.5. The minimum Gasteiger partial charge on any atom is -0.481 e. The summed E-state index contributed by atoms with van der Waals surface area (Å²) in [5, 5.41) is 13.3. The number of methoxy groups -OCH3 is 1. The second kappa shape index (κ2) is 14.2. The Morgan fingerprint density at radius 2 is 1.95 bits per heavy atom. The molecule has 0 radical (unpaired) electrons. The van der Waals surface area contributed by atoms with Crippen LogP contribution in [-0.2, 0) is 32.0 Å². The number of carboxylic acids is 1. The van der Waals surface area contributed by atoms with Gasteiger partial charge in [-0.3, -0.25) is 24.3 Å². The second-order valence-electron chi connectivity index (χ2n) is 9.23. The number of hydrazine groups is 2. The van der Waals surface area contributed by atoms with Crippen LogP contribution >= 0.6 is 0 Å². The van der Waals surface area contributed by atoms with Crippen molar-refractivity contribution in [1.29, 1.82) is 0 Å². The fourth-order valence-corrected chi connectivity index (χ4v) is 4.10. The van der Waals surface area contributed by atoms with Crippen LogP contribution in [0.1, 0.15) is 34.3 Å². The molecule has 0 spiro atoms. The molecule has 15 heteroatoms. The van der Waals surface area contributed by atoms with Crippen LogP contribution in [-0.4, -0.2) is 84.5 Å². The molecule has 0 atom stereocenters. The maximum Gasteiger partial charge on any atom is 0.320 e. The van der Waals surface area contributed by atoms with Gasteiger partial charge in [0.15, 0.2) is 0 Å². The predicted octanol–water partition coefficient (Wildman–Crippen LogP) is -0.0493. The van der Waals surface area contributed by atoms with E-state index in [0.29, 0.717) is 56.3 Å². The lowest BCUT2D eigenvalue weighted by molar-refractivity contribution is -0.137. The minimum atomic E-state index is -0.849. The van der Waals surface area contributed by atoms with E-state index >= 15 is 0 Å². The molecule has 0 saturated heterocycles. The Balaban J connectivity index is 1.20. The summed E-state index contributed by atoms with van der Waals surface area (Å²) < 4.78 is 16.0. The molecule has 41 heavy (non-hydrogen) atoms. The first-order chi connectivity index (χ1) is 19.8. The highest BCUT2D eigenvalue weighted by Crippen LogP contribution is 2.33. The molecule has 2 aliphatic heterocycles. The van der Waals surface area contributed by atoms with Crippen LogP contribution in [0.2, 0.25) is 0 Å². The van der Waals surface area contributed by atoms with Crippen LogP contribution in [0.25, 0.3) is 0 Å². The number of aromatic nitrogens is 2. The molecule has 4 rings (SSSR count). The van der Waals surface area contributed by atoms with Gasteiger partial charge < -0.3 is 35.8 Å². The lowest BCUT2D eigenvalue weighted by atomic mass is 10.1. The van der Waals surface area contributed by atoms with E-state index in [1.165, 1.54) is 4.90 Å². The van der Waals surface area contributed by atoms with E-state index in [1.807, 2.05) is 0 Å². The van der Waals surface area contributed by atoms with Crippen molar-refractivity contribution in [3.8, 4) is 6.01 Å². The quantitative estimate of drug-likeness (QED) is 0.169. The number of nitrogen functional groups attached to an aromatic ring is 1. The Morgan fingerprint density at radius 1 is 1.15 bits per heavy atom. The van der Waals surface area contributed by atoms with Crippen LogP contribution < -0.4 is 31.6 Å². The van der Waals surface area contributed by atoms with Crippen LogP contribution in [0.3, 0.4) is 0 Å². The fraction of sp³-hybridized carbons (Fsp3) is 0.423. The third-order valence-corrected chi connectivity index (χ3v) is 6.25. The van der Waals surface area contributed by atoms with Crippen molar-refractivity contribution in [1.82, 2.24) is 31.3 Å². The normalized spacial score (nSPS) is 14.1. The number of carbonyl (C=O) groups is 3. The number of allylic oxidation sites excluding steroid dienone is 1. The highest BCUT2D eigenvalue weighted by atomic mass is 16.5. The summed E-state index contributed by atoms with van der Waals surface area (Å²) in [6.07, 6.45) is 2.37. The summed E-state index contributed by atoms with van der Waals surface area (Å²) in [5.41, 5.74) is 14.5. The number of anilines is 2. The standard InChI is InChI=1S/C26H34N8O7/c1-39-12-13-41-26-29-23(27)20-14-21(35)34(24(20)30-26)15-17-2-4-18(5-3-17)25(38)28-8-10-40-11-9-33-16-19(31-32-33)6-7-22(36)37/h2-5,16,31-32H,6-15H2,1H3,(H,28,38)(H,36,37)(H2,27,29,30). The second-order valence-corrected chi connectivity index (χ2v) is 9.23. The van der Waals surface area contributed by atoms with Crippen molar-refractivity contribution in [2.45, 2.75) is 25.8 Å².